The summed E-state index contributed by atoms with van der Waals surface area (Å²) in [5.74, 6) is 0.0680. The molecule has 0 spiro atoms. The van der Waals surface area contributed by atoms with E-state index in [1.807, 2.05) is 28.5 Å². The van der Waals surface area contributed by atoms with Crippen molar-refractivity contribution in [3.63, 3.8) is 0 Å². The Morgan fingerprint density at radius 3 is 2.68 bits per heavy atom. The first-order valence-corrected chi connectivity index (χ1v) is 11.0. The lowest BCUT2D eigenvalue weighted by molar-refractivity contribution is -0.127. The van der Waals surface area contributed by atoms with Gasteiger partial charge in [-0.05, 0) is 36.3 Å². The number of thiophene rings is 1. The minimum Gasteiger partial charge on any atom is -0.352 e. The van der Waals surface area contributed by atoms with Crippen molar-refractivity contribution in [1.82, 2.24) is 15.1 Å². The average Bonchev–Trinajstić information content (AvgIpc) is 3.41. The molecule has 0 aliphatic carbocycles. The van der Waals surface area contributed by atoms with Crippen LogP contribution in [0, 0.1) is 5.92 Å². The van der Waals surface area contributed by atoms with Crippen molar-refractivity contribution in [2.75, 3.05) is 26.2 Å². The third kappa shape index (κ3) is 4.62. The summed E-state index contributed by atoms with van der Waals surface area (Å²) in [6, 6.07) is 14.4. The van der Waals surface area contributed by atoms with Crippen molar-refractivity contribution in [3.8, 4) is 0 Å². The number of nitrogens with one attached hydrogen (secondary N) is 1. The first-order chi connectivity index (χ1) is 13.7. The van der Waals surface area contributed by atoms with Crippen LogP contribution in [0.1, 0.15) is 34.5 Å². The zero-order valence-corrected chi connectivity index (χ0v) is 16.9. The molecule has 1 N–H and O–H groups in total. The van der Waals surface area contributed by atoms with Crippen LogP contribution < -0.4 is 5.32 Å². The van der Waals surface area contributed by atoms with Crippen LogP contribution in [0.2, 0.25) is 0 Å². The summed E-state index contributed by atoms with van der Waals surface area (Å²) in [7, 11) is 0. The van der Waals surface area contributed by atoms with Gasteiger partial charge < -0.3 is 10.2 Å². The van der Waals surface area contributed by atoms with Gasteiger partial charge in [0.2, 0.25) is 5.91 Å². The number of benzene rings is 1. The van der Waals surface area contributed by atoms with Crippen molar-refractivity contribution in [2.24, 2.45) is 5.92 Å². The third-order valence-electron chi connectivity index (χ3n) is 5.68. The smallest absolute Gasteiger partial charge is 0.263 e. The van der Waals surface area contributed by atoms with Gasteiger partial charge in [-0.15, -0.1) is 11.3 Å². The number of carbonyl (C=O) groups is 2. The van der Waals surface area contributed by atoms with Gasteiger partial charge in [-0.1, -0.05) is 36.4 Å². The molecule has 0 bridgehead atoms. The second kappa shape index (κ2) is 8.88. The Balaban J connectivity index is 1.27. The quantitative estimate of drug-likeness (QED) is 0.844. The maximum Gasteiger partial charge on any atom is 0.263 e. The van der Waals surface area contributed by atoms with Crippen molar-refractivity contribution < 1.29 is 9.59 Å². The minimum atomic E-state index is -0.0964. The Kier molecular flexibility index (Phi) is 6.07. The summed E-state index contributed by atoms with van der Waals surface area (Å²) in [5, 5.41) is 5.16. The van der Waals surface area contributed by atoms with Gasteiger partial charge in [0.25, 0.3) is 5.91 Å². The van der Waals surface area contributed by atoms with E-state index in [1.54, 1.807) is 0 Å². The lowest BCUT2D eigenvalue weighted by Crippen LogP contribution is -2.48. The van der Waals surface area contributed by atoms with Crippen LogP contribution in [0.3, 0.4) is 0 Å². The molecule has 5 nitrogen and oxygen atoms in total. The molecule has 148 valence electrons. The normalized spacial score (nSPS) is 22.9. The summed E-state index contributed by atoms with van der Waals surface area (Å²) in [6.45, 7) is 4.11. The molecule has 4 rings (SSSR count). The van der Waals surface area contributed by atoms with Gasteiger partial charge in [0.1, 0.15) is 0 Å². The molecule has 2 amide bonds. The molecule has 3 heterocycles. The van der Waals surface area contributed by atoms with Gasteiger partial charge in [-0.3, -0.25) is 14.5 Å². The van der Waals surface area contributed by atoms with E-state index in [1.165, 1.54) is 16.9 Å². The van der Waals surface area contributed by atoms with Gasteiger partial charge >= 0.3 is 0 Å². The van der Waals surface area contributed by atoms with Gasteiger partial charge in [0, 0.05) is 38.8 Å². The number of likely N-dealkylation sites (tertiary alicyclic amines) is 2. The van der Waals surface area contributed by atoms with Crippen LogP contribution in [-0.4, -0.2) is 53.8 Å². The highest BCUT2D eigenvalue weighted by Gasteiger charge is 2.31. The first-order valence-electron chi connectivity index (χ1n) is 10.1. The zero-order valence-electron chi connectivity index (χ0n) is 16.0. The van der Waals surface area contributed by atoms with Crippen LogP contribution in [0.4, 0.5) is 0 Å². The SMILES string of the molecule is O=C(NC1CCN(Cc2ccccc2)C1)C1CCCN(C(=O)c2cccs2)C1. The Labute approximate surface area is 170 Å². The summed E-state index contributed by atoms with van der Waals surface area (Å²) >= 11 is 1.46. The first kappa shape index (κ1) is 19.2. The van der Waals surface area contributed by atoms with Crippen LogP contribution in [-0.2, 0) is 11.3 Å². The third-order valence-corrected chi connectivity index (χ3v) is 6.54. The van der Waals surface area contributed by atoms with Crippen molar-refractivity contribution >= 4 is 23.2 Å². The maximum atomic E-state index is 12.8. The minimum absolute atomic E-state index is 0.0578. The second-order valence-electron chi connectivity index (χ2n) is 7.78. The second-order valence-corrected chi connectivity index (χ2v) is 8.73. The molecule has 1 aromatic carbocycles. The highest BCUT2D eigenvalue weighted by molar-refractivity contribution is 7.12. The summed E-state index contributed by atoms with van der Waals surface area (Å²) in [5.41, 5.74) is 1.31. The number of hydrogen-bond donors (Lipinski definition) is 1. The van der Waals surface area contributed by atoms with Crippen molar-refractivity contribution in [1.29, 1.82) is 0 Å². The lowest BCUT2D eigenvalue weighted by atomic mass is 9.96. The molecular formula is C22H27N3O2S. The van der Waals surface area contributed by atoms with E-state index in [0.717, 1.165) is 50.3 Å². The van der Waals surface area contributed by atoms with Gasteiger partial charge in [0.05, 0.1) is 10.8 Å². The largest absolute Gasteiger partial charge is 0.352 e. The Bertz CT molecular complexity index is 793. The number of hydrogen-bond acceptors (Lipinski definition) is 4. The predicted octanol–water partition coefficient (Wildman–Crippen LogP) is 2.99. The van der Waals surface area contributed by atoms with Gasteiger partial charge in [-0.25, -0.2) is 0 Å². The monoisotopic (exact) mass is 397 g/mol. The van der Waals surface area contributed by atoms with Crippen LogP contribution in [0.15, 0.2) is 47.8 Å². The molecule has 2 aliphatic heterocycles. The van der Waals surface area contributed by atoms with Gasteiger partial charge in [0.15, 0.2) is 0 Å². The maximum absolute atomic E-state index is 12.8. The van der Waals surface area contributed by atoms with E-state index in [9.17, 15) is 9.59 Å². The molecular weight excluding hydrogens is 370 g/mol. The highest BCUT2D eigenvalue weighted by atomic mass is 32.1. The average molecular weight is 398 g/mol. The predicted molar refractivity (Wildman–Crippen MR) is 111 cm³/mol. The lowest BCUT2D eigenvalue weighted by Gasteiger charge is -2.32. The van der Waals surface area contributed by atoms with Gasteiger partial charge in [-0.2, -0.15) is 0 Å². The van der Waals surface area contributed by atoms with Crippen LogP contribution in [0.5, 0.6) is 0 Å². The summed E-state index contributed by atoms with van der Waals surface area (Å²) in [6.07, 6.45) is 2.74. The zero-order chi connectivity index (χ0) is 19.3. The van der Waals surface area contributed by atoms with E-state index >= 15 is 0 Å². The topological polar surface area (TPSA) is 52.7 Å². The number of piperidine rings is 1. The number of carbonyl (C=O) groups excluding carboxylic acids is 2. The highest BCUT2D eigenvalue weighted by Crippen LogP contribution is 2.21. The molecule has 28 heavy (non-hydrogen) atoms. The fraction of sp³-hybridized carbons (Fsp3) is 0.455. The molecule has 0 saturated carbocycles. The van der Waals surface area contributed by atoms with E-state index in [-0.39, 0.29) is 23.8 Å². The number of amides is 2. The van der Waals surface area contributed by atoms with E-state index in [0.29, 0.717) is 6.54 Å². The molecule has 2 aromatic rings. The molecule has 6 heteroatoms. The van der Waals surface area contributed by atoms with E-state index in [2.05, 4.69) is 34.5 Å². The van der Waals surface area contributed by atoms with E-state index in [4.69, 9.17) is 0 Å². The van der Waals surface area contributed by atoms with E-state index < -0.39 is 0 Å². The standard InChI is InChI=1S/C22H27N3O2S/c26-21(18-8-4-11-25(15-18)22(27)20-9-5-13-28-20)23-19-10-12-24(16-19)14-17-6-2-1-3-7-17/h1-3,5-7,9,13,18-19H,4,8,10-12,14-16H2,(H,23,26). The molecule has 2 fully saturated rings. The molecule has 2 atom stereocenters. The van der Waals surface area contributed by atoms with Crippen LogP contribution in [0.25, 0.3) is 0 Å². The molecule has 2 unspecified atom stereocenters. The number of rotatable bonds is 5. The van der Waals surface area contributed by atoms with Crippen LogP contribution >= 0.6 is 11.3 Å². The fourth-order valence-corrected chi connectivity index (χ4v) is 4.88. The molecule has 1 aromatic heterocycles. The summed E-state index contributed by atoms with van der Waals surface area (Å²) in [4.78, 5) is 30.4. The Morgan fingerprint density at radius 2 is 1.89 bits per heavy atom. The van der Waals surface area contributed by atoms with Crippen molar-refractivity contribution in [3.05, 3.63) is 58.3 Å². The molecule has 0 radical (unpaired) electrons. The Morgan fingerprint density at radius 1 is 1.04 bits per heavy atom. The Hall–Kier alpha value is -2.18. The van der Waals surface area contributed by atoms with Crippen molar-refractivity contribution in [2.45, 2.75) is 31.8 Å². The molecule has 2 saturated heterocycles. The number of nitrogens with zero attached hydrogens (tertiary/aromatic N) is 2. The molecule has 2 aliphatic rings. The summed E-state index contributed by atoms with van der Waals surface area (Å²) < 4.78 is 0. The fourth-order valence-electron chi connectivity index (χ4n) is 4.19.